The summed E-state index contributed by atoms with van der Waals surface area (Å²) in [5.74, 6) is 1.77. The van der Waals surface area contributed by atoms with Gasteiger partial charge in [0, 0.05) is 38.4 Å². The Morgan fingerprint density at radius 3 is 1.26 bits per heavy atom. The summed E-state index contributed by atoms with van der Waals surface area (Å²) in [5.41, 5.74) is 11.9. The Balaban J connectivity index is 1.03. The van der Waals surface area contributed by atoms with Crippen LogP contribution in [0.2, 0.25) is 0 Å². The third-order valence-electron chi connectivity index (χ3n) is 13.8. The summed E-state index contributed by atoms with van der Waals surface area (Å²) >= 11 is 0. The molecule has 0 spiro atoms. The van der Waals surface area contributed by atoms with E-state index in [4.69, 9.17) is 15.0 Å². The molecule has 0 radical (unpaired) electrons. The fraction of sp³-hybridized carbons (Fsp3) is 0. The summed E-state index contributed by atoms with van der Waals surface area (Å²) in [6.45, 7) is 0. The van der Waals surface area contributed by atoms with E-state index in [1.807, 2.05) is 18.2 Å². The van der Waals surface area contributed by atoms with Gasteiger partial charge in [-0.25, -0.2) is 4.98 Å². The van der Waals surface area contributed by atoms with Crippen molar-refractivity contribution < 1.29 is 0 Å². The SMILES string of the molecule is c1ccc(-c2ccc(-c3cccc(-n4c5ccccc5c5ccc6c7ccccc7n(-c7nc(-c8ccccc8)nc(-c8ccc9c%10ccccc%10c%10ccccc%10c9c8)n7)c6c54)c3)cc2)cc1. The van der Waals surface area contributed by atoms with Gasteiger partial charge in [0.25, 0.3) is 0 Å². The summed E-state index contributed by atoms with van der Waals surface area (Å²) in [4.78, 5) is 16.2. The van der Waals surface area contributed by atoms with E-state index >= 15 is 0 Å². The number of nitrogens with zero attached hydrogens (tertiary/aromatic N) is 5. The number of hydrogen-bond acceptors (Lipinski definition) is 3. The van der Waals surface area contributed by atoms with Crippen LogP contribution in [0.15, 0.2) is 237 Å². The molecule has 14 rings (SSSR count). The van der Waals surface area contributed by atoms with Crippen LogP contribution in [0.5, 0.6) is 0 Å². The monoisotopic (exact) mass is 865 g/mol. The molecular weight excluding hydrogens is 827 g/mol. The molecule has 0 saturated heterocycles. The van der Waals surface area contributed by atoms with Crippen LogP contribution in [0.3, 0.4) is 0 Å². The van der Waals surface area contributed by atoms with Gasteiger partial charge in [0.05, 0.1) is 22.1 Å². The van der Waals surface area contributed by atoms with E-state index in [2.05, 4.69) is 228 Å². The lowest BCUT2D eigenvalue weighted by Gasteiger charge is -2.15. The highest BCUT2D eigenvalue weighted by Gasteiger charge is 2.24. The maximum absolute atomic E-state index is 5.50. The first-order chi connectivity index (χ1) is 33.7. The molecule has 0 aliphatic rings. The van der Waals surface area contributed by atoms with Crippen LogP contribution in [-0.4, -0.2) is 24.1 Å². The van der Waals surface area contributed by atoms with Gasteiger partial charge in [0.2, 0.25) is 5.95 Å². The predicted octanol–water partition coefficient (Wildman–Crippen LogP) is 16.2. The molecule has 5 heteroatoms. The highest BCUT2D eigenvalue weighted by Crippen LogP contribution is 2.43. The molecule has 0 aliphatic carbocycles. The smallest absolute Gasteiger partial charge is 0.238 e. The number of fused-ring (bicyclic) bond motifs is 13. The van der Waals surface area contributed by atoms with Crippen LogP contribution in [0.1, 0.15) is 0 Å². The zero-order valence-corrected chi connectivity index (χ0v) is 36.8. The maximum Gasteiger partial charge on any atom is 0.238 e. The van der Waals surface area contributed by atoms with E-state index < -0.39 is 0 Å². The largest absolute Gasteiger partial charge is 0.307 e. The van der Waals surface area contributed by atoms with Crippen LogP contribution in [-0.2, 0) is 0 Å². The van der Waals surface area contributed by atoms with Gasteiger partial charge >= 0.3 is 0 Å². The molecule has 0 amide bonds. The van der Waals surface area contributed by atoms with E-state index in [9.17, 15) is 0 Å². The van der Waals surface area contributed by atoms with Gasteiger partial charge in [-0.05, 0) is 84.9 Å². The van der Waals surface area contributed by atoms with E-state index in [0.717, 1.165) is 71.6 Å². The van der Waals surface area contributed by atoms with Crippen molar-refractivity contribution in [2.45, 2.75) is 0 Å². The Bertz CT molecular complexity index is 4270. The zero-order valence-electron chi connectivity index (χ0n) is 36.8. The van der Waals surface area contributed by atoms with E-state index in [1.54, 1.807) is 0 Å². The number of hydrogen-bond donors (Lipinski definition) is 0. The molecule has 0 atom stereocenters. The molecule has 3 heterocycles. The van der Waals surface area contributed by atoms with Gasteiger partial charge in [-0.15, -0.1) is 0 Å². The Morgan fingerprint density at radius 2 is 0.647 bits per heavy atom. The molecule has 5 nitrogen and oxygen atoms in total. The van der Waals surface area contributed by atoms with Crippen molar-refractivity contribution in [3.63, 3.8) is 0 Å². The average Bonchev–Trinajstić information content (AvgIpc) is 3.95. The first-order valence-electron chi connectivity index (χ1n) is 23.1. The molecule has 316 valence electrons. The van der Waals surface area contributed by atoms with Gasteiger partial charge < -0.3 is 4.57 Å². The first-order valence-corrected chi connectivity index (χ1v) is 23.1. The molecule has 0 fully saturated rings. The van der Waals surface area contributed by atoms with E-state index in [1.165, 1.54) is 43.4 Å². The fourth-order valence-electron chi connectivity index (χ4n) is 10.6. The van der Waals surface area contributed by atoms with Gasteiger partial charge in [0.15, 0.2) is 11.6 Å². The fourth-order valence-corrected chi connectivity index (χ4v) is 10.6. The minimum atomic E-state index is 0.556. The van der Waals surface area contributed by atoms with Crippen molar-refractivity contribution in [3.8, 4) is 56.7 Å². The van der Waals surface area contributed by atoms with Crippen LogP contribution >= 0.6 is 0 Å². The number of benzene rings is 11. The van der Waals surface area contributed by atoms with Crippen molar-refractivity contribution in [3.05, 3.63) is 237 Å². The standard InChI is InChI=1S/C63H39N5/c1-3-16-40(17-4-1)41-30-32-42(33-31-41)44-20-15-21-46(38-44)67-57-28-13-11-26-52(57)54-36-37-55-53-27-12-14-29-58(53)68(60(55)59(54)67)63-65-61(43-18-5-2-6-19-43)64-62(66-63)45-34-35-51-49-24-8-7-22-47(49)48-23-9-10-25-50(48)56(51)39-45/h1-39H. The van der Waals surface area contributed by atoms with Crippen molar-refractivity contribution >= 4 is 75.9 Å². The highest BCUT2D eigenvalue weighted by atomic mass is 15.2. The minimum absolute atomic E-state index is 0.556. The van der Waals surface area contributed by atoms with Crippen molar-refractivity contribution in [1.82, 2.24) is 24.1 Å². The van der Waals surface area contributed by atoms with Gasteiger partial charge in [-0.3, -0.25) is 4.57 Å². The van der Waals surface area contributed by atoms with Crippen molar-refractivity contribution in [2.75, 3.05) is 0 Å². The molecule has 0 bridgehead atoms. The molecule has 68 heavy (non-hydrogen) atoms. The van der Waals surface area contributed by atoms with E-state index in [-0.39, 0.29) is 0 Å². The lowest BCUT2D eigenvalue weighted by Crippen LogP contribution is -2.07. The molecule has 0 N–H and O–H groups in total. The topological polar surface area (TPSA) is 48.5 Å². The molecule has 14 aromatic rings. The van der Waals surface area contributed by atoms with E-state index in [0.29, 0.717) is 17.6 Å². The highest BCUT2D eigenvalue weighted by molar-refractivity contribution is 6.26. The second kappa shape index (κ2) is 15.2. The lowest BCUT2D eigenvalue weighted by atomic mass is 9.93. The molecule has 11 aromatic carbocycles. The normalized spacial score (nSPS) is 11.8. The Kier molecular flexibility index (Phi) is 8.52. The zero-order chi connectivity index (χ0) is 44.7. The maximum atomic E-state index is 5.50. The third kappa shape index (κ3) is 5.93. The Labute approximate surface area is 391 Å². The molecule has 0 aliphatic heterocycles. The number of para-hydroxylation sites is 2. The Hall–Kier alpha value is -9.19. The quantitative estimate of drug-likeness (QED) is 0.156. The average molecular weight is 866 g/mol. The van der Waals surface area contributed by atoms with Gasteiger partial charge in [0.1, 0.15) is 0 Å². The molecule has 3 aromatic heterocycles. The molecular formula is C63H39N5. The summed E-state index contributed by atoms with van der Waals surface area (Å²) in [6.07, 6.45) is 0. The molecule has 0 saturated carbocycles. The van der Waals surface area contributed by atoms with Crippen LogP contribution in [0.4, 0.5) is 0 Å². The van der Waals surface area contributed by atoms with Crippen LogP contribution in [0.25, 0.3) is 133 Å². The predicted molar refractivity (Wildman–Crippen MR) is 283 cm³/mol. The van der Waals surface area contributed by atoms with Gasteiger partial charge in [-0.1, -0.05) is 206 Å². The third-order valence-corrected chi connectivity index (χ3v) is 13.8. The Morgan fingerprint density at radius 1 is 0.235 bits per heavy atom. The number of aromatic nitrogens is 5. The first kappa shape index (κ1) is 38.1. The summed E-state index contributed by atoms with van der Waals surface area (Å²) < 4.78 is 4.71. The second-order valence-electron chi connectivity index (χ2n) is 17.6. The summed E-state index contributed by atoms with van der Waals surface area (Å²) in [6, 6.07) is 84.6. The van der Waals surface area contributed by atoms with Crippen molar-refractivity contribution in [2.24, 2.45) is 0 Å². The molecule has 0 unspecified atom stereocenters. The van der Waals surface area contributed by atoms with Gasteiger partial charge in [-0.2, -0.15) is 9.97 Å². The lowest BCUT2D eigenvalue weighted by molar-refractivity contribution is 0.953. The summed E-state index contributed by atoms with van der Waals surface area (Å²) in [5, 5.41) is 11.8. The number of rotatable bonds is 6. The van der Waals surface area contributed by atoms with Crippen LogP contribution < -0.4 is 0 Å². The van der Waals surface area contributed by atoms with Crippen LogP contribution in [0, 0.1) is 0 Å². The second-order valence-corrected chi connectivity index (χ2v) is 17.6. The van der Waals surface area contributed by atoms with Crippen molar-refractivity contribution in [1.29, 1.82) is 0 Å². The summed E-state index contributed by atoms with van der Waals surface area (Å²) in [7, 11) is 0. The minimum Gasteiger partial charge on any atom is -0.307 e.